The smallest absolute Gasteiger partial charge is 0.484 e. The van der Waals surface area contributed by atoms with E-state index in [1.807, 2.05) is 0 Å². The predicted molar refractivity (Wildman–Crippen MR) is 190 cm³/mol. The summed E-state index contributed by atoms with van der Waals surface area (Å²) in [5.41, 5.74) is -5.65. The highest BCUT2D eigenvalue weighted by molar-refractivity contribution is 8.72. The van der Waals surface area contributed by atoms with Gasteiger partial charge in [0.2, 0.25) is 8.87 Å². The van der Waals surface area contributed by atoms with Crippen LogP contribution in [0.2, 0.25) is 0 Å². The van der Waals surface area contributed by atoms with Gasteiger partial charge in [-0.2, -0.15) is 21.6 Å². The molecule has 0 bridgehead atoms. The molecule has 0 aromatic heterocycles. The lowest BCUT2D eigenvalue weighted by Gasteiger charge is -2.46. The highest BCUT2D eigenvalue weighted by atomic mass is 33.1. The van der Waals surface area contributed by atoms with Gasteiger partial charge in [0.15, 0.2) is 18.4 Å². The number of likely N-dealkylation sites (tertiary alicyclic amines) is 1. The molecule has 1 heterocycles. The lowest BCUT2D eigenvalue weighted by Crippen LogP contribution is -2.70. The van der Waals surface area contributed by atoms with Crippen LogP contribution in [-0.2, 0) is 42.3 Å². The average molecular weight is 805 g/mol. The summed E-state index contributed by atoms with van der Waals surface area (Å²) in [4.78, 5) is 41.2. The Morgan fingerprint density at radius 3 is 1.87 bits per heavy atom. The average Bonchev–Trinajstić information content (AvgIpc) is 3.14. The molecule has 4 aromatic carbocycles. The number of ether oxygens (including phenoxy) is 2. The van der Waals surface area contributed by atoms with Crippen LogP contribution in [0.4, 0.5) is 13.2 Å². The monoisotopic (exact) mass is 804 g/mol. The maximum atomic E-state index is 14.2. The van der Waals surface area contributed by atoms with Crippen molar-refractivity contribution in [3.8, 4) is 5.75 Å². The van der Waals surface area contributed by atoms with Crippen molar-refractivity contribution < 1.29 is 58.0 Å². The molecule has 0 radical (unpaired) electrons. The van der Waals surface area contributed by atoms with E-state index in [0.29, 0.717) is 34.3 Å². The molecular formula is C36H31F3N2O10S3. The zero-order valence-electron chi connectivity index (χ0n) is 28.3. The lowest BCUT2D eigenvalue weighted by atomic mass is 10.0. The van der Waals surface area contributed by atoms with Gasteiger partial charge in [-0.15, -0.1) is 0 Å². The molecule has 0 unspecified atom stereocenters. The van der Waals surface area contributed by atoms with E-state index in [9.17, 15) is 44.4 Å². The second-order valence-electron chi connectivity index (χ2n) is 11.6. The molecule has 0 saturated carbocycles. The zero-order chi connectivity index (χ0) is 39.3. The summed E-state index contributed by atoms with van der Waals surface area (Å²) in [6, 6.07) is 28.0. The van der Waals surface area contributed by atoms with Gasteiger partial charge in [0, 0.05) is 10.8 Å². The fourth-order valence-electron chi connectivity index (χ4n) is 5.11. The summed E-state index contributed by atoms with van der Waals surface area (Å²) < 4.78 is 108. The Morgan fingerprint density at radius 2 is 1.35 bits per heavy atom. The SMILES string of the molecule is CC(OS(=O)(=O)C(F)(F)F)=C(C(=O)OC(c1ccccc1)c1ccccc1)N1C(=O)[C@@H](NC(=O)COc2ccccc2)[C@H]1SS(=O)(=O)c1ccc(C)cc1. The minimum atomic E-state index is -6.42. The van der Waals surface area contributed by atoms with Crippen LogP contribution in [0.3, 0.4) is 0 Å². The zero-order valence-corrected chi connectivity index (χ0v) is 30.7. The molecule has 1 fully saturated rings. The molecular weight excluding hydrogens is 774 g/mol. The van der Waals surface area contributed by atoms with Crippen LogP contribution in [0, 0.1) is 6.92 Å². The number of amides is 2. The number of halogens is 3. The Hall–Kier alpha value is -5.33. The summed E-state index contributed by atoms with van der Waals surface area (Å²) in [6.45, 7) is 1.74. The lowest BCUT2D eigenvalue weighted by molar-refractivity contribution is -0.155. The number of alkyl halides is 3. The van der Waals surface area contributed by atoms with E-state index in [2.05, 4.69) is 9.50 Å². The van der Waals surface area contributed by atoms with Crippen molar-refractivity contribution in [1.82, 2.24) is 10.2 Å². The van der Waals surface area contributed by atoms with Gasteiger partial charge in [0.1, 0.15) is 22.9 Å². The number of hydrogen-bond acceptors (Lipinski definition) is 11. The first-order chi connectivity index (χ1) is 25.5. The third kappa shape index (κ3) is 9.23. The third-order valence-electron chi connectivity index (χ3n) is 7.72. The van der Waals surface area contributed by atoms with E-state index in [4.69, 9.17) is 9.47 Å². The number of benzene rings is 4. The first kappa shape index (κ1) is 39.9. The molecule has 284 valence electrons. The van der Waals surface area contributed by atoms with Crippen LogP contribution in [0.15, 0.2) is 132 Å². The maximum Gasteiger partial charge on any atom is 0.534 e. The van der Waals surface area contributed by atoms with E-state index in [1.165, 1.54) is 24.3 Å². The summed E-state index contributed by atoms with van der Waals surface area (Å²) in [6.07, 6.45) is -1.26. The first-order valence-electron chi connectivity index (χ1n) is 15.8. The number of hydrogen-bond donors (Lipinski definition) is 1. The quantitative estimate of drug-likeness (QED) is 0.0322. The van der Waals surface area contributed by atoms with Gasteiger partial charge < -0.3 is 19.0 Å². The van der Waals surface area contributed by atoms with E-state index in [0.717, 1.165) is 0 Å². The molecule has 5 rings (SSSR count). The van der Waals surface area contributed by atoms with Crippen molar-refractivity contribution in [1.29, 1.82) is 0 Å². The highest BCUT2D eigenvalue weighted by Gasteiger charge is 2.56. The van der Waals surface area contributed by atoms with Gasteiger partial charge in [0.05, 0.1) is 4.90 Å². The number of rotatable bonds is 14. The first-order valence-corrected chi connectivity index (χ1v) is 20.1. The van der Waals surface area contributed by atoms with Crippen LogP contribution in [-0.4, -0.2) is 63.1 Å². The van der Waals surface area contributed by atoms with Crippen molar-refractivity contribution >= 4 is 47.6 Å². The van der Waals surface area contributed by atoms with Gasteiger partial charge in [-0.3, -0.25) is 14.5 Å². The minimum absolute atomic E-state index is 0.0750. The van der Waals surface area contributed by atoms with Gasteiger partial charge >= 0.3 is 21.6 Å². The summed E-state index contributed by atoms with van der Waals surface area (Å²) in [7, 11) is -10.8. The Bertz CT molecular complexity index is 2200. The summed E-state index contributed by atoms with van der Waals surface area (Å²) in [5.74, 6) is -4.62. The van der Waals surface area contributed by atoms with Crippen molar-refractivity contribution in [3.63, 3.8) is 0 Å². The Morgan fingerprint density at radius 1 is 0.833 bits per heavy atom. The Kier molecular flexibility index (Phi) is 12.1. The molecule has 1 aliphatic rings. The molecule has 1 saturated heterocycles. The standard InChI is InChI=1S/C36H31F3N2O10S3/c1-23-18-20-28(21-19-23)53(45,46)52-34-30(40-29(42)22-49-27-16-10-5-11-17-27)33(43)41(34)31(24(2)51-54(47,48)36(37,38)39)35(44)50-32(25-12-6-3-7-13-25)26-14-8-4-9-15-26/h3-21,30,32,34H,22H2,1-2H3,(H,40,42)/t30-,34-/m1/s1. The molecule has 4 aromatic rings. The molecule has 0 aliphatic carbocycles. The number of aryl methyl sites for hydroxylation is 1. The van der Waals surface area contributed by atoms with Crippen molar-refractivity contribution in [2.75, 3.05) is 6.61 Å². The summed E-state index contributed by atoms with van der Waals surface area (Å²) in [5, 5.41) is 0.571. The summed E-state index contributed by atoms with van der Waals surface area (Å²) >= 11 is 0. The van der Waals surface area contributed by atoms with Gasteiger partial charge in [-0.1, -0.05) is 96.6 Å². The molecule has 2 atom stereocenters. The number of allylic oxidation sites excluding steroid dienone is 1. The van der Waals surface area contributed by atoms with Crippen molar-refractivity contribution in [2.24, 2.45) is 0 Å². The molecule has 54 heavy (non-hydrogen) atoms. The third-order valence-corrected chi connectivity index (χ3v) is 12.5. The van der Waals surface area contributed by atoms with E-state index >= 15 is 0 Å². The van der Waals surface area contributed by atoms with E-state index in [-0.39, 0.29) is 15.7 Å². The van der Waals surface area contributed by atoms with Gasteiger partial charge in [-0.05, 0) is 49.2 Å². The number of esters is 1. The van der Waals surface area contributed by atoms with Gasteiger partial charge in [-0.25, -0.2) is 13.2 Å². The Labute approximate surface area is 312 Å². The number of β-lactam (4-membered cyclic amide) rings is 1. The van der Waals surface area contributed by atoms with Crippen LogP contribution in [0.5, 0.6) is 5.75 Å². The molecule has 18 heteroatoms. The van der Waals surface area contributed by atoms with Crippen LogP contribution in [0.25, 0.3) is 0 Å². The fourth-order valence-corrected chi connectivity index (χ4v) is 9.08. The minimum Gasteiger partial charge on any atom is -0.484 e. The van der Waals surface area contributed by atoms with Crippen LogP contribution < -0.4 is 10.1 Å². The maximum absolute atomic E-state index is 14.2. The molecule has 12 nitrogen and oxygen atoms in total. The van der Waals surface area contributed by atoms with Crippen LogP contribution >= 0.6 is 10.8 Å². The number of para-hydroxylation sites is 1. The number of carbonyl (C=O) groups excluding carboxylic acids is 3. The predicted octanol–water partition coefficient (Wildman–Crippen LogP) is 5.58. The molecule has 0 spiro atoms. The molecule has 2 amide bonds. The highest BCUT2D eigenvalue weighted by Crippen LogP contribution is 2.42. The second-order valence-corrected chi connectivity index (χ2v) is 17.1. The number of carbonyl (C=O) groups is 3. The van der Waals surface area contributed by atoms with Gasteiger partial charge in [0.25, 0.3) is 11.8 Å². The fraction of sp³-hybridized carbons (Fsp3) is 0.194. The van der Waals surface area contributed by atoms with E-state index < -0.39 is 77.9 Å². The molecule has 1 aliphatic heterocycles. The number of nitrogens with zero attached hydrogens (tertiary/aromatic N) is 1. The normalized spacial score (nSPS) is 16.6. The second kappa shape index (κ2) is 16.4. The number of nitrogens with one attached hydrogen (secondary N) is 1. The van der Waals surface area contributed by atoms with Crippen molar-refractivity contribution in [2.45, 2.75) is 41.8 Å². The van der Waals surface area contributed by atoms with Crippen molar-refractivity contribution in [3.05, 3.63) is 143 Å². The Balaban J connectivity index is 1.57. The van der Waals surface area contributed by atoms with Crippen LogP contribution in [0.1, 0.15) is 29.7 Å². The molecule has 1 N–H and O–H groups in total. The van der Waals surface area contributed by atoms with E-state index in [1.54, 1.807) is 97.9 Å². The largest absolute Gasteiger partial charge is 0.534 e. The topological polar surface area (TPSA) is 162 Å².